The minimum Gasteiger partial charge on any atom is -0.387 e. The normalized spacial score (nSPS) is 26.7. The van der Waals surface area contributed by atoms with E-state index in [4.69, 9.17) is 13.1 Å². The second kappa shape index (κ2) is 9.53. The van der Waals surface area contributed by atoms with Crippen molar-refractivity contribution in [3.05, 3.63) is 59.7 Å². The topological polar surface area (TPSA) is 157 Å². The van der Waals surface area contributed by atoms with Gasteiger partial charge in [-0.15, -0.1) is 0 Å². The molecule has 0 aromatic heterocycles. The summed E-state index contributed by atoms with van der Waals surface area (Å²) < 4.78 is 64.7. The largest absolute Gasteiger partial charge is 0.387 e. The van der Waals surface area contributed by atoms with Crippen LogP contribution < -0.4 is 0 Å². The predicted octanol–water partition coefficient (Wildman–Crippen LogP) is 0.222. The molecule has 0 unspecified atom stereocenters. The van der Waals surface area contributed by atoms with E-state index in [9.17, 15) is 32.2 Å². The predicted molar refractivity (Wildman–Crippen MR) is 110 cm³/mol. The molecular weight excluding hydrogens is 464 g/mol. The summed E-state index contributed by atoms with van der Waals surface area (Å²) in [5.41, 5.74) is 1.64. The molecule has 10 nitrogen and oxygen atoms in total. The highest BCUT2D eigenvalue weighted by Gasteiger charge is 2.47. The minimum atomic E-state index is -4.43. The van der Waals surface area contributed by atoms with Crippen molar-refractivity contribution in [1.82, 2.24) is 0 Å². The Labute approximate surface area is 186 Å². The molecule has 0 saturated carbocycles. The Hall–Kier alpha value is -1.90. The molecular formula is C20H24O10S2. The van der Waals surface area contributed by atoms with E-state index in [2.05, 4.69) is 0 Å². The van der Waals surface area contributed by atoms with Gasteiger partial charge in [0.25, 0.3) is 20.2 Å². The van der Waals surface area contributed by atoms with Crippen molar-refractivity contribution < 1.29 is 45.3 Å². The monoisotopic (exact) mass is 488 g/mol. The van der Waals surface area contributed by atoms with E-state index >= 15 is 0 Å². The van der Waals surface area contributed by atoms with E-state index in [0.717, 1.165) is 11.1 Å². The van der Waals surface area contributed by atoms with Crippen LogP contribution in [0.25, 0.3) is 0 Å². The fraction of sp³-hybridized carbons (Fsp3) is 0.400. The third-order valence-corrected chi connectivity index (χ3v) is 7.53. The van der Waals surface area contributed by atoms with Crippen LogP contribution in [0.5, 0.6) is 0 Å². The number of rotatable bonds is 7. The fourth-order valence-electron chi connectivity index (χ4n) is 3.00. The molecule has 5 atom stereocenters. The summed E-state index contributed by atoms with van der Waals surface area (Å²) >= 11 is 0. The Morgan fingerprint density at radius 1 is 0.781 bits per heavy atom. The van der Waals surface area contributed by atoms with E-state index in [-0.39, 0.29) is 9.79 Å². The van der Waals surface area contributed by atoms with Gasteiger partial charge >= 0.3 is 0 Å². The van der Waals surface area contributed by atoms with E-state index < -0.39 is 57.5 Å². The zero-order chi connectivity index (χ0) is 23.7. The molecule has 0 amide bonds. The molecule has 1 aliphatic rings. The van der Waals surface area contributed by atoms with Crippen LogP contribution >= 0.6 is 0 Å². The fourth-order valence-corrected chi connectivity index (χ4v) is 5.02. The number of hydrogen-bond donors (Lipinski definition) is 3. The third-order valence-electron chi connectivity index (χ3n) is 4.91. The lowest BCUT2D eigenvalue weighted by Crippen LogP contribution is -2.60. The van der Waals surface area contributed by atoms with Crippen LogP contribution in [0, 0.1) is 13.8 Å². The summed E-state index contributed by atoms with van der Waals surface area (Å²) in [5.74, 6) is 0. The van der Waals surface area contributed by atoms with Gasteiger partial charge in [-0.3, -0.25) is 8.37 Å². The second-order valence-corrected chi connectivity index (χ2v) is 10.6. The van der Waals surface area contributed by atoms with Gasteiger partial charge in [-0.2, -0.15) is 16.8 Å². The van der Waals surface area contributed by atoms with Crippen LogP contribution in [-0.4, -0.2) is 69.5 Å². The van der Waals surface area contributed by atoms with Crippen molar-refractivity contribution in [2.45, 2.75) is 54.3 Å². The summed E-state index contributed by atoms with van der Waals surface area (Å²) in [7, 11) is -8.65. The molecule has 0 aliphatic carbocycles. The zero-order valence-electron chi connectivity index (χ0n) is 17.2. The summed E-state index contributed by atoms with van der Waals surface area (Å²) in [4.78, 5) is -0.359. The molecule has 1 fully saturated rings. The molecule has 3 N–H and O–H groups in total. The molecule has 176 valence electrons. The molecule has 0 spiro atoms. The average Bonchev–Trinajstić information content (AvgIpc) is 2.73. The van der Waals surface area contributed by atoms with Gasteiger partial charge in [-0.1, -0.05) is 35.4 Å². The standard InChI is InChI=1S/C20H24O10S2/c1-12-3-7-14(8-4-12)31(24,25)28-11-16-17(21)19(18(22)20(23)29-16)30-32(26,27)15-9-5-13(2)6-10-15/h3-10,16-23H,11H2,1-2H3/t16-,17+,18-,19+,20+/m1/s1. The maximum Gasteiger partial charge on any atom is 0.297 e. The highest BCUT2D eigenvalue weighted by molar-refractivity contribution is 7.87. The number of benzene rings is 2. The molecule has 12 heteroatoms. The van der Waals surface area contributed by atoms with Gasteiger partial charge in [-0.05, 0) is 38.1 Å². The Morgan fingerprint density at radius 3 is 1.75 bits per heavy atom. The number of aliphatic hydroxyl groups is 3. The lowest BCUT2D eigenvalue weighted by atomic mass is 9.99. The van der Waals surface area contributed by atoms with Crippen LogP contribution in [0.4, 0.5) is 0 Å². The zero-order valence-corrected chi connectivity index (χ0v) is 18.9. The van der Waals surface area contributed by atoms with Crippen molar-refractivity contribution in [2.75, 3.05) is 6.61 Å². The minimum absolute atomic E-state index is 0.135. The lowest BCUT2D eigenvalue weighted by molar-refractivity contribution is -0.280. The first-order valence-corrected chi connectivity index (χ1v) is 12.4. The van der Waals surface area contributed by atoms with Crippen molar-refractivity contribution in [1.29, 1.82) is 0 Å². The van der Waals surface area contributed by atoms with E-state index in [1.807, 2.05) is 0 Å². The summed E-state index contributed by atoms with van der Waals surface area (Å²) in [6.07, 6.45) is -9.04. The van der Waals surface area contributed by atoms with Gasteiger partial charge in [-0.25, -0.2) is 0 Å². The van der Waals surface area contributed by atoms with E-state index in [1.54, 1.807) is 26.0 Å². The molecule has 2 aromatic rings. The molecule has 32 heavy (non-hydrogen) atoms. The Morgan fingerprint density at radius 2 is 1.25 bits per heavy atom. The summed E-state index contributed by atoms with van der Waals surface area (Å²) in [5, 5.41) is 30.6. The van der Waals surface area contributed by atoms with Crippen LogP contribution in [0.3, 0.4) is 0 Å². The molecule has 0 radical (unpaired) electrons. The van der Waals surface area contributed by atoms with Crippen molar-refractivity contribution in [2.24, 2.45) is 0 Å². The van der Waals surface area contributed by atoms with Gasteiger partial charge in [0.1, 0.15) is 24.4 Å². The second-order valence-electron chi connectivity index (χ2n) is 7.43. The highest BCUT2D eigenvalue weighted by atomic mass is 32.2. The SMILES string of the molecule is Cc1ccc(S(=O)(=O)OC[C@H]2O[C@H](O)[C@H](O)[C@@H](OS(=O)(=O)c3ccc(C)cc3)[C@H]2O)cc1. The van der Waals surface area contributed by atoms with E-state index in [1.165, 1.54) is 36.4 Å². The average molecular weight is 489 g/mol. The number of aliphatic hydroxyl groups excluding tert-OH is 3. The first kappa shape index (κ1) is 24.7. The Bertz CT molecular complexity index is 1130. The van der Waals surface area contributed by atoms with Crippen LogP contribution in [0.1, 0.15) is 11.1 Å². The quantitative estimate of drug-likeness (QED) is 0.461. The Balaban J connectivity index is 1.75. The molecule has 1 aliphatic heterocycles. The smallest absolute Gasteiger partial charge is 0.297 e. The molecule has 0 bridgehead atoms. The van der Waals surface area contributed by atoms with Crippen LogP contribution in [-0.2, 0) is 33.3 Å². The number of ether oxygens (including phenoxy) is 1. The lowest BCUT2D eigenvalue weighted by Gasteiger charge is -2.39. The molecule has 1 heterocycles. The van der Waals surface area contributed by atoms with Gasteiger partial charge < -0.3 is 20.1 Å². The first-order valence-electron chi connectivity index (χ1n) is 9.56. The van der Waals surface area contributed by atoms with Crippen LogP contribution in [0.15, 0.2) is 58.3 Å². The van der Waals surface area contributed by atoms with Gasteiger partial charge in [0.15, 0.2) is 6.29 Å². The number of aryl methyl sites for hydroxylation is 2. The van der Waals surface area contributed by atoms with Crippen molar-refractivity contribution >= 4 is 20.2 Å². The first-order chi connectivity index (χ1) is 14.9. The van der Waals surface area contributed by atoms with Gasteiger partial charge in [0, 0.05) is 0 Å². The van der Waals surface area contributed by atoms with Crippen molar-refractivity contribution in [3.63, 3.8) is 0 Å². The Kier molecular flexibility index (Phi) is 7.37. The molecule has 1 saturated heterocycles. The number of hydrogen-bond acceptors (Lipinski definition) is 10. The molecule has 3 rings (SSSR count). The van der Waals surface area contributed by atoms with Crippen LogP contribution in [0.2, 0.25) is 0 Å². The van der Waals surface area contributed by atoms with Gasteiger partial charge in [0.2, 0.25) is 0 Å². The van der Waals surface area contributed by atoms with E-state index in [0.29, 0.717) is 0 Å². The van der Waals surface area contributed by atoms with Gasteiger partial charge in [0.05, 0.1) is 16.4 Å². The maximum absolute atomic E-state index is 12.6. The maximum atomic E-state index is 12.6. The third kappa shape index (κ3) is 5.53. The summed E-state index contributed by atoms with van der Waals surface area (Å²) in [6, 6.07) is 11.5. The van der Waals surface area contributed by atoms with Crippen molar-refractivity contribution in [3.8, 4) is 0 Å². The molecule has 2 aromatic carbocycles. The summed E-state index contributed by atoms with van der Waals surface area (Å²) in [6.45, 7) is 2.78. The highest BCUT2D eigenvalue weighted by Crippen LogP contribution is 2.27.